The number of ether oxygens (including phenoxy) is 2. The Morgan fingerprint density at radius 1 is 1.24 bits per heavy atom. The topological polar surface area (TPSA) is 55.8 Å². The number of hydrogen-bond acceptors (Lipinski definition) is 4. The van der Waals surface area contributed by atoms with Crippen molar-refractivity contribution in [3.05, 3.63) is 28.7 Å². The van der Waals surface area contributed by atoms with E-state index in [1.54, 1.807) is 13.8 Å². The van der Waals surface area contributed by atoms with Crippen LogP contribution in [0.3, 0.4) is 0 Å². The molecule has 0 aliphatic rings. The Morgan fingerprint density at radius 3 is 2.38 bits per heavy atom. The first-order chi connectivity index (χ1) is 9.93. The number of carbonyl (C=O) groups excluding carboxylic acids is 2. The summed E-state index contributed by atoms with van der Waals surface area (Å²) in [5, 5.41) is 0. The second-order valence-corrected chi connectivity index (χ2v) is 5.66. The Kier molecular flexibility index (Phi) is 7.22. The summed E-state index contributed by atoms with van der Waals surface area (Å²) >= 11 is 3.36. The molecule has 116 valence electrons. The maximum Gasteiger partial charge on any atom is 0.414 e. The van der Waals surface area contributed by atoms with Gasteiger partial charge in [-0.2, -0.15) is 0 Å². The van der Waals surface area contributed by atoms with E-state index >= 15 is 0 Å². The molecule has 0 spiro atoms. The van der Waals surface area contributed by atoms with E-state index < -0.39 is 6.09 Å². The molecule has 5 nitrogen and oxygen atoms in total. The molecule has 21 heavy (non-hydrogen) atoms. The van der Waals surface area contributed by atoms with Crippen LogP contribution in [0.25, 0.3) is 0 Å². The van der Waals surface area contributed by atoms with E-state index in [1.807, 2.05) is 24.3 Å². The van der Waals surface area contributed by atoms with Crippen LogP contribution in [0.2, 0.25) is 0 Å². The molecule has 0 aromatic heterocycles. The average Bonchev–Trinajstić information content (AvgIpc) is 2.43. The van der Waals surface area contributed by atoms with Crippen molar-refractivity contribution in [2.45, 2.75) is 32.8 Å². The monoisotopic (exact) mass is 357 g/mol. The predicted octanol–water partition coefficient (Wildman–Crippen LogP) is 3.75. The summed E-state index contributed by atoms with van der Waals surface area (Å²) in [6.07, 6.45) is 0.155. The summed E-state index contributed by atoms with van der Waals surface area (Å²) in [5.41, 5.74) is 0.730. The van der Waals surface area contributed by atoms with Crippen LogP contribution in [0, 0.1) is 0 Å². The molecule has 1 aromatic carbocycles. The smallest absolute Gasteiger partial charge is 0.414 e. The summed E-state index contributed by atoms with van der Waals surface area (Å²) in [6, 6.07) is 7.35. The lowest BCUT2D eigenvalue weighted by Gasteiger charge is -2.23. The molecule has 6 heteroatoms. The average molecular weight is 358 g/mol. The van der Waals surface area contributed by atoms with Gasteiger partial charge in [-0.3, -0.25) is 9.69 Å². The molecule has 0 radical (unpaired) electrons. The number of amides is 1. The van der Waals surface area contributed by atoms with Crippen molar-refractivity contribution in [1.82, 2.24) is 0 Å². The third-order valence-corrected chi connectivity index (χ3v) is 3.21. The molecular formula is C15H20BrNO4. The van der Waals surface area contributed by atoms with E-state index in [9.17, 15) is 9.59 Å². The van der Waals surface area contributed by atoms with E-state index in [-0.39, 0.29) is 18.5 Å². The summed E-state index contributed by atoms with van der Waals surface area (Å²) in [5.74, 6) is -0.289. The Morgan fingerprint density at radius 2 is 1.86 bits per heavy atom. The van der Waals surface area contributed by atoms with Gasteiger partial charge in [0.1, 0.15) is 0 Å². The van der Waals surface area contributed by atoms with Crippen molar-refractivity contribution in [1.29, 1.82) is 0 Å². The van der Waals surface area contributed by atoms with Gasteiger partial charge < -0.3 is 9.47 Å². The normalized spacial score (nSPS) is 10.3. The molecule has 0 aliphatic heterocycles. The third-order valence-electron chi connectivity index (χ3n) is 2.69. The van der Waals surface area contributed by atoms with Crippen LogP contribution in [-0.2, 0) is 14.3 Å². The first kappa shape index (κ1) is 17.5. The van der Waals surface area contributed by atoms with Crippen molar-refractivity contribution in [2.24, 2.45) is 0 Å². The lowest BCUT2D eigenvalue weighted by Crippen LogP contribution is -2.34. The molecule has 1 aromatic rings. The minimum atomic E-state index is -0.419. The zero-order chi connectivity index (χ0) is 15.8. The molecule has 0 aliphatic carbocycles. The van der Waals surface area contributed by atoms with Crippen LogP contribution >= 0.6 is 15.9 Å². The van der Waals surface area contributed by atoms with Gasteiger partial charge in [0.15, 0.2) is 0 Å². The van der Waals surface area contributed by atoms with Crippen LogP contribution < -0.4 is 4.90 Å². The van der Waals surface area contributed by atoms with Gasteiger partial charge in [0.25, 0.3) is 0 Å². The van der Waals surface area contributed by atoms with Gasteiger partial charge in [0.2, 0.25) is 0 Å². The van der Waals surface area contributed by atoms with Crippen LogP contribution in [-0.4, -0.2) is 31.8 Å². The van der Waals surface area contributed by atoms with Gasteiger partial charge in [-0.25, -0.2) is 4.79 Å². The molecular weight excluding hydrogens is 338 g/mol. The molecule has 0 atom stereocenters. The van der Waals surface area contributed by atoms with E-state index in [1.165, 1.54) is 12.0 Å². The minimum Gasteiger partial charge on any atom is -0.469 e. The molecule has 1 amide bonds. The Bertz CT molecular complexity index is 473. The van der Waals surface area contributed by atoms with E-state index in [0.717, 1.165) is 10.2 Å². The van der Waals surface area contributed by atoms with Gasteiger partial charge in [-0.1, -0.05) is 15.9 Å². The predicted molar refractivity (Wildman–Crippen MR) is 84.4 cm³/mol. The van der Waals surface area contributed by atoms with Crippen molar-refractivity contribution < 1.29 is 19.1 Å². The lowest BCUT2D eigenvalue weighted by atomic mass is 10.2. The fourth-order valence-electron chi connectivity index (χ4n) is 1.70. The number of rotatable bonds is 6. The van der Waals surface area contributed by atoms with Crippen LogP contribution in [0.15, 0.2) is 28.7 Å². The van der Waals surface area contributed by atoms with Gasteiger partial charge in [0, 0.05) is 23.1 Å². The fraction of sp³-hybridized carbons (Fsp3) is 0.467. The van der Waals surface area contributed by atoms with Gasteiger partial charge in [-0.05, 0) is 44.5 Å². The number of hydrogen-bond donors (Lipinski definition) is 0. The van der Waals surface area contributed by atoms with Crippen molar-refractivity contribution in [3.63, 3.8) is 0 Å². The number of carbonyl (C=O) groups is 2. The first-order valence-electron chi connectivity index (χ1n) is 6.74. The number of anilines is 1. The highest BCUT2D eigenvalue weighted by atomic mass is 79.9. The van der Waals surface area contributed by atoms with Gasteiger partial charge in [-0.15, -0.1) is 0 Å². The SMILES string of the molecule is COC(=O)CCCN(C(=O)OC(C)C)c1ccc(Br)cc1. The Hall–Kier alpha value is -1.56. The fourth-order valence-corrected chi connectivity index (χ4v) is 1.96. The number of nitrogens with zero attached hydrogens (tertiary/aromatic N) is 1. The number of esters is 1. The molecule has 0 unspecified atom stereocenters. The molecule has 0 heterocycles. The summed E-state index contributed by atoms with van der Waals surface area (Å²) in [4.78, 5) is 24.8. The Balaban J connectivity index is 2.76. The van der Waals surface area contributed by atoms with Crippen LogP contribution in [0.4, 0.5) is 10.5 Å². The van der Waals surface area contributed by atoms with Crippen molar-refractivity contribution in [2.75, 3.05) is 18.6 Å². The van der Waals surface area contributed by atoms with Gasteiger partial charge >= 0.3 is 12.1 Å². The summed E-state index contributed by atoms with van der Waals surface area (Å²) < 4.78 is 10.8. The number of benzene rings is 1. The zero-order valence-electron chi connectivity index (χ0n) is 12.5. The molecule has 0 N–H and O–H groups in total. The summed E-state index contributed by atoms with van der Waals surface area (Å²) in [6.45, 7) is 3.99. The second-order valence-electron chi connectivity index (χ2n) is 4.74. The number of halogens is 1. The van der Waals surface area contributed by atoms with E-state index in [2.05, 4.69) is 20.7 Å². The zero-order valence-corrected chi connectivity index (χ0v) is 14.1. The van der Waals surface area contributed by atoms with Crippen molar-refractivity contribution in [3.8, 4) is 0 Å². The minimum absolute atomic E-state index is 0.198. The van der Waals surface area contributed by atoms with E-state index in [0.29, 0.717) is 13.0 Å². The largest absolute Gasteiger partial charge is 0.469 e. The Labute approximate surface area is 133 Å². The first-order valence-corrected chi connectivity index (χ1v) is 7.54. The van der Waals surface area contributed by atoms with Gasteiger partial charge in [0.05, 0.1) is 13.2 Å². The third kappa shape index (κ3) is 6.16. The lowest BCUT2D eigenvalue weighted by molar-refractivity contribution is -0.140. The number of methoxy groups -OCH3 is 1. The maximum atomic E-state index is 12.2. The quantitative estimate of drug-likeness (QED) is 0.727. The van der Waals surface area contributed by atoms with Crippen LogP contribution in [0.5, 0.6) is 0 Å². The second kappa shape index (κ2) is 8.67. The molecule has 0 saturated carbocycles. The highest BCUT2D eigenvalue weighted by Gasteiger charge is 2.18. The van der Waals surface area contributed by atoms with Crippen molar-refractivity contribution >= 4 is 33.7 Å². The highest BCUT2D eigenvalue weighted by molar-refractivity contribution is 9.10. The summed E-state index contributed by atoms with van der Waals surface area (Å²) in [7, 11) is 1.35. The standard InChI is InChI=1S/C15H20BrNO4/c1-11(2)21-15(19)17(10-4-5-14(18)20-3)13-8-6-12(16)7-9-13/h6-9,11H,4-5,10H2,1-3H3. The van der Waals surface area contributed by atoms with E-state index in [4.69, 9.17) is 4.74 Å². The molecule has 0 bridgehead atoms. The maximum absolute atomic E-state index is 12.2. The molecule has 0 fully saturated rings. The molecule has 1 rings (SSSR count). The highest BCUT2D eigenvalue weighted by Crippen LogP contribution is 2.20. The van der Waals surface area contributed by atoms with Crippen LogP contribution in [0.1, 0.15) is 26.7 Å². The molecule has 0 saturated heterocycles.